The monoisotopic (exact) mass is 262 g/mol. The van der Waals surface area contributed by atoms with Gasteiger partial charge in [0.1, 0.15) is 5.82 Å². The summed E-state index contributed by atoms with van der Waals surface area (Å²) >= 11 is 0. The van der Waals surface area contributed by atoms with Gasteiger partial charge in [-0.15, -0.1) is 0 Å². The molecule has 0 aliphatic carbocycles. The lowest BCUT2D eigenvalue weighted by molar-refractivity contribution is 0.194. The molecule has 19 heavy (non-hydrogen) atoms. The molecule has 0 saturated carbocycles. The maximum Gasteiger partial charge on any atom is 0.123 e. The van der Waals surface area contributed by atoms with E-state index in [-0.39, 0.29) is 5.82 Å². The van der Waals surface area contributed by atoms with Gasteiger partial charge in [-0.1, -0.05) is 6.92 Å². The van der Waals surface area contributed by atoms with Crippen molar-refractivity contribution in [2.45, 2.75) is 45.2 Å². The quantitative estimate of drug-likeness (QED) is 0.807. The van der Waals surface area contributed by atoms with E-state index >= 15 is 0 Å². The van der Waals surface area contributed by atoms with Crippen LogP contribution in [0.25, 0.3) is 0 Å². The second-order valence-electron chi connectivity index (χ2n) is 5.94. The highest BCUT2D eigenvalue weighted by Crippen LogP contribution is 2.31. The molecule has 3 heteroatoms. The minimum Gasteiger partial charge on any atom is -0.365 e. The summed E-state index contributed by atoms with van der Waals surface area (Å²) in [6, 6.07) is 6.47. The van der Waals surface area contributed by atoms with E-state index in [1.807, 2.05) is 13.0 Å². The molecule has 0 aromatic heterocycles. The lowest BCUT2D eigenvalue weighted by atomic mass is 10.0. The Bertz CT molecular complexity index is 460. The number of fused-ring (bicyclic) bond motifs is 1. The minimum absolute atomic E-state index is 0.131. The van der Waals surface area contributed by atoms with Gasteiger partial charge in [0, 0.05) is 30.9 Å². The standard InChI is InChI=1S/C16H23FN2/c1-3-14-10-18-8-4-5-15(18)11-19(14)16-7-6-13(17)9-12(16)2/h6-7,9,14-15H,3-5,8,10-11H2,1-2H3. The average Bonchev–Trinajstić information content (AvgIpc) is 2.84. The third-order valence-electron chi connectivity index (χ3n) is 4.73. The molecule has 0 bridgehead atoms. The Kier molecular flexibility index (Phi) is 3.48. The molecule has 2 atom stereocenters. The Morgan fingerprint density at radius 1 is 1.32 bits per heavy atom. The summed E-state index contributed by atoms with van der Waals surface area (Å²) < 4.78 is 13.3. The van der Waals surface area contributed by atoms with Gasteiger partial charge in [0.15, 0.2) is 0 Å². The molecule has 1 aromatic carbocycles. The Morgan fingerprint density at radius 2 is 2.16 bits per heavy atom. The molecule has 2 saturated heterocycles. The molecule has 0 radical (unpaired) electrons. The van der Waals surface area contributed by atoms with E-state index in [4.69, 9.17) is 0 Å². The van der Waals surface area contributed by atoms with Crippen LogP contribution in [0.1, 0.15) is 31.7 Å². The van der Waals surface area contributed by atoms with Crippen molar-refractivity contribution in [1.82, 2.24) is 4.90 Å². The molecule has 2 fully saturated rings. The van der Waals surface area contributed by atoms with E-state index in [0.717, 1.165) is 25.1 Å². The first-order valence-corrected chi connectivity index (χ1v) is 7.46. The molecule has 104 valence electrons. The maximum atomic E-state index is 13.3. The third kappa shape index (κ3) is 2.36. The first-order chi connectivity index (χ1) is 9.19. The zero-order valence-electron chi connectivity index (χ0n) is 11.9. The highest BCUT2D eigenvalue weighted by molar-refractivity contribution is 5.54. The van der Waals surface area contributed by atoms with Gasteiger partial charge in [-0.2, -0.15) is 0 Å². The fraction of sp³-hybridized carbons (Fsp3) is 0.625. The molecule has 1 aromatic rings. The van der Waals surface area contributed by atoms with Crippen LogP contribution in [0.3, 0.4) is 0 Å². The van der Waals surface area contributed by atoms with E-state index in [9.17, 15) is 4.39 Å². The van der Waals surface area contributed by atoms with Crippen molar-refractivity contribution in [1.29, 1.82) is 0 Å². The fourth-order valence-corrected chi connectivity index (χ4v) is 3.67. The average molecular weight is 262 g/mol. The van der Waals surface area contributed by atoms with Gasteiger partial charge in [0.25, 0.3) is 0 Å². The summed E-state index contributed by atoms with van der Waals surface area (Å²) in [7, 11) is 0. The highest BCUT2D eigenvalue weighted by atomic mass is 19.1. The Balaban J connectivity index is 1.88. The molecule has 3 rings (SSSR count). The van der Waals surface area contributed by atoms with Gasteiger partial charge in [-0.05, 0) is 56.5 Å². The van der Waals surface area contributed by atoms with Crippen LogP contribution < -0.4 is 4.90 Å². The third-order valence-corrected chi connectivity index (χ3v) is 4.73. The van der Waals surface area contributed by atoms with E-state index in [0.29, 0.717) is 12.1 Å². The number of anilines is 1. The topological polar surface area (TPSA) is 6.48 Å². The highest BCUT2D eigenvalue weighted by Gasteiger charge is 2.35. The first-order valence-electron chi connectivity index (χ1n) is 7.46. The number of piperazine rings is 1. The SMILES string of the molecule is CCC1CN2CCCC2CN1c1ccc(F)cc1C. The first kappa shape index (κ1) is 12.9. The molecule has 0 N–H and O–H groups in total. The lowest BCUT2D eigenvalue weighted by Crippen LogP contribution is -2.56. The van der Waals surface area contributed by atoms with Crippen molar-refractivity contribution in [3.63, 3.8) is 0 Å². The van der Waals surface area contributed by atoms with E-state index in [2.05, 4.69) is 16.7 Å². The van der Waals surface area contributed by atoms with E-state index in [1.54, 1.807) is 12.1 Å². The molecule has 2 unspecified atom stereocenters. The summed E-state index contributed by atoms with van der Waals surface area (Å²) in [5.41, 5.74) is 2.28. The Hall–Kier alpha value is -1.09. The van der Waals surface area contributed by atoms with Crippen molar-refractivity contribution in [3.8, 4) is 0 Å². The van der Waals surface area contributed by atoms with Crippen LogP contribution in [0.4, 0.5) is 10.1 Å². The van der Waals surface area contributed by atoms with E-state index in [1.165, 1.54) is 25.1 Å². The molecule has 0 amide bonds. The van der Waals surface area contributed by atoms with Crippen LogP contribution in [0.15, 0.2) is 18.2 Å². The zero-order chi connectivity index (χ0) is 13.4. The number of hydrogen-bond acceptors (Lipinski definition) is 2. The summed E-state index contributed by atoms with van der Waals surface area (Å²) in [4.78, 5) is 5.16. The van der Waals surface area contributed by atoms with Crippen molar-refractivity contribution in [2.75, 3.05) is 24.5 Å². The molecular weight excluding hydrogens is 239 g/mol. The summed E-state index contributed by atoms with van der Waals surface area (Å²) in [6.45, 7) is 7.81. The van der Waals surface area contributed by atoms with Gasteiger partial charge in [0.05, 0.1) is 0 Å². The summed E-state index contributed by atoms with van der Waals surface area (Å²) in [6.07, 6.45) is 3.80. The second kappa shape index (κ2) is 5.12. The molecule has 2 aliphatic rings. The van der Waals surface area contributed by atoms with Gasteiger partial charge < -0.3 is 4.90 Å². The van der Waals surface area contributed by atoms with Crippen LogP contribution in [0, 0.1) is 12.7 Å². The smallest absolute Gasteiger partial charge is 0.123 e. The Labute approximate surface area is 115 Å². The molecule has 2 heterocycles. The van der Waals surface area contributed by atoms with Gasteiger partial charge in [0.2, 0.25) is 0 Å². The fourth-order valence-electron chi connectivity index (χ4n) is 3.67. The number of nitrogens with zero attached hydrogens (tertiary/aromatic N) is 2. The maximum absolute atomic E-state index is 13.3. The van der Waals surface area contributed by atoms with Gasteiger partial charge in [-0.25, -0.2) is 4.39 Å². The minimum atomic E-state index is -0.131. The summed E-state index contributed by atoms with van der Waals surface area (Å²) in [5.74, 6) is -0.131. The van der Waals surface area contributed by atoms with Crippen LogP contribution >= 0.6 is 0 Å². The number of rotatable bonds is 2. The van der Waals surface area contributed by atoms with Crippen molar-refractivity contribution < 1.29 is 4.39 Å². The van der Waals surface area contributed by atoms with Crippen LogP contribution in [-0.2, 0) is 0 Å². The normalized spacial score (nSPS) is 27.6. The lowest BCUT2D eigenvalue weighted by Gasteiger charge is -2.45. The van der Waals surface area contributed by atoms with Gasteiger partial charge >= 0.3 is 0 Å². The van der Waals surface area contributed by atoms with Gasteiger partial charge in [-0.3, -0.25) is 4.90 Å². The predicted octanol–water partition coefficient (Wildman–Crippen LogP) is 3.20. The second-order valence-corrected chi connectivity index (χ2v) is 5.94. The van der Waals surface area contributed by atoms with Crippen LogP contribution in [0.5, 0.6) is 0 Å². The molecule has 2 nitrogen and oxygen atoms in total. The number of aryl methyl sites for hydroxylation is 1. The molecular formula is C16H23FN2. The number of benzene rings is 1. The van der Waals surface area contributed by atoms with Crippen molar-refractivity contribution >= 4 is 5.69 Å². The van der Waals surface area contributed by atoms with E-state index < -0.39 is 0 Å². The molecule has 0 spiro atoms. The molecule has 2 aliphatic heterocycles. The Morgan fingerprint density at radius 3 is 2.89 bits per heavy atom. The number of halogens is 1. The predicted molar refractivity (Wildman–Crippen MR) is 77.2 cm³/mol. The largest absolute Gasteiger partial charge is 0.365 e. The van der Waals surface area contributed by atoms with Crippen LogP contribution in [-0.4, -0.2) is 36.6 Å². The van der Waals surface area contributed by atoms with Crippen LogP contribution in [0.2, 0.25) is 0 Å². The van der Waals surface area contributed by atoms with Crippen molar-refractivity contribution in [3.05, 3.63) is 29.6 Å². The zero-order valence-corrected chi connectivity index (χ0v) is 11.9. The van der Waals surface area contributed by atoms with Crippen molar-refractivity contribution in [2.24, 2.45) is 0 Å². The summed E-state index contributed by atoms with van der Waals surface area (Å²) in [5, 5.41) is 0. The number of hydrogen-bond donors (Lipinski definition) is 0.